The minimum Gasteiger partial charge on any atom is -0.467 e. The summed E-state index contributed by atoms with van der Waals surface area (Å²) in [6, 6.07) is 10.5. The first-order chi connectivity index (χ1) is 13.1. The lowest BCUT2D eigenvalue weighted by atomic mass is 9.80. The fourth-order valence-electron chi connectivity index (χ4n) is 4.11. The van der Waals surface area contributed by atoms with Crippen LogP contribution in [0.25, 0.3) is 0 Å². The Kier molecular flexibility index (Phi) is 4.19. The summed E-state index contributed by atoms with van der Waals surface area (Å²) in [6.45, 7) is 0.508. The van der Waals surface area contributed by atoms with Gasteiger partial charge in [-0.3, -0.25) is 4.79 Å². The zero-order chi connectivity index (χ0) is 19.0. The van der Waals surface area contributed by atoms with Crippen LogP contribution in [0.5, 0.6) is 6.01 Å². The van der Waals surface area contributed by atoms with Gasteiger partial charge in [0.05, 0.1) is 24.3 Å². The summed E-state index contributed by atoms with van der Waals surface area (Å²) in [4.78, 5) is 22.9. The summed E-state index contributed by atoms with van der Waals surface area (Å²) >= 11 is 0. The molecule has 0 spiro atoms. The van der Waals surface area contributed by atoms with Crippen molar-refractivity contribution in [3.05, 3.63) is 41.1 Å². The zero-order valence-corrected chi connectivity index (χ0v) is 15.2. The molecule has 0 radical (unpaired) electrons. The fraction of sp³-hybridized carbons (Fsp3) is 0.400. The Balaban J connectivity index is 1.64. The molecular formula is C20H21N5O2. The molecular weight excluding hydrogens is 342 g/mol. The smallest absolute Gasteiger partial charge is 0.318 e. The number of carbonyl (C=O) groups is 1. The molecule has 2 N–H and O–H groups in total. The summed E-state index contributed by atoms with van der Waals surface area (Å²) in [6.07, 6.45) is 4.54. The largest absolute Gasteiger partial charge is 0.467 e. The van der Waals surface area contributed by atoms with Crippen molar-refractivity contribution in [1.29, 1.82) is 5.26 Å². The SMILES string of the molecule is COc1nc(N)c2c(n1)CCN(c1ccc(C3(C#N)CCCC3)cc1)C2=O. The molecule has 0 saturated heterocycles. The number of hydrogen-bond acceptors (Lipinski definition) is 6. The number of carbonyl (C=O) groups excluding carboxylic acids is 1. The van der Waals surface area contributed by atoms with Crippen molar-refractivity contribution in [3.63, 3.8) is 0 Å². The fourth-order valence-corrected chi connectivity index (χ4v) is 4.11. The van der Waals surface area contributed by atoms with Gasteiger partial charge in [-0.1, -0.05) is 25.0 Å². The summed E-state index contributed by atoms with van der Waals surface area (Å²) in [5.74, 6) is -0.0717. The molecule has 2 aliphatic rings. The van der Waals surface area contributed by atoms with E-state index >= 15 is 0 Å². The van der Waals surface area contributed by atoms with Gasteiger partial charge in [0.15, 0.2) is 0 Å². The van der Waals surface area contributed by atoms with Gasteiger partial charge < -0.3 is 15.4 Å². The van der Waals surface area contributed by atoms with Gasteiger partial charge in [-0.05, 0) is 30.5 Å². The second-order valence-corrected chi connectivity index (χ2v) is 7.07. The highest BCUT2D eigenvalue weighted by atomic mass is 16.5. The van der Waals surface area contributed by atoms with E-state index in [9.17, 15) is 10.1 Å². The third-order valence-electron chi connectivity index (χ3n) is 5.61. The number of fused-ring (bicyclic) bond motifs is 1. The maximum absolute atomic E-state index is 13.0. The van der Waals surface area contributed by atoms with Crippen LogP contribution in [0.1, 0.15) is 47.3 Å². The molecule has 1 fully saturated rings. The van der Waals surface area contributed by atoms with Crippen LogP contribution in [-0.2, 0) is 11.8 Å². The molecule has 0 bridgehead atoms. The lowest BCUT2D eigenvalue weighted by Gasteiger charge is -2.29. The normalized spacial score (nSPS) is 18.1. The van der Waals surface area contributed by atoms with Crippen LogP contribution in [0.15, 0.2) is 24.3 Å². The molecule has 7 nitrogen and oxygen atoms in total. The molecule has 1 aromatic heterocycles. The minimum absolute atomic E-state index is 0.137. The Morgan fingerprint density at radius 1 is 1.22 bits per heavy atom. The average molecular weight is 363 g/mol. The highest BCUT2D eigenvalue weighted by Gasteiger charge is 2.36. The molecule has 0 atom stereocenters. The van der Waals surface area contributed by atoms with Crippen LogP contribution in [-0.4, -0.2) is 29.5 Å². The van der Waals surface area contributed by atoms with Crippen molar-refractivity contribution >= 4 is 17.4 Å². The number of benzene rings is 1. The Bertz CT molecular complexity index is 927. The summed E-state index contributed by atoms with van der Waals surface area (Å²) in [5, 5.41) is 9.66. The average Bonchev–Trinajstić information content (AvgIpc) is 3.18. The standard InChI is InChI=1S/C20H21N5O2/c1-27-19-23-15-8-11-25(18(26)16(15)17(22)24-19)14-6-4-13(5-7-14)20(12-21)9-2-3-10-20/h4-7H,2-3,8-11H2,1H3,(H2,22,23,24). The molecule has 7 heteroatoms. The monoisotopic (exact) mass is 363 g/mol. The summed E-state index contributed by atoms with van der Waals surface area (Å²) in [5.41, 5.74) is 8.37. The molecule has 0 unspecified atom stereocenters. The number of hydrogen-bond donors (Lipinski definition) is 1. The third kappa shape index (κ3) is 2.78. The third-order valence-corrected chi connectivity index (χ3v) is 5.61. The molecule has 138 valence electrons. The number of nitrogens with zero attached hydrogens (tertiary/aromatic N) is 4. The van der Waals surface area contributed by atoms with Crippen LogP contribution in [0.3, 0.4) is 0 Å². The van der Waals surface area contributed by atoms with Crippen molar-refractivity contribution in [2.24, 2.45) is 0 Å². The first-order valence-corrected chi connectivity index (χ1v) is 9.12. The number of rotatable bonds is 3. The van der Waals surface area contributed by atoms with Crippen LogP contribution >= 0.6 is 0 Å². The number of methoxy groups -OCH3 is 1. The van der Waals surface area contributed by atoms with E-state index in [2.05, 4.69) is 16.0 Å². The minimum atomic E-state index is -0.383. The number of ether oxygens (including phenoxy) is 1. The quantitative estimate of drug-likeness (QED) is 0.898. The summed E-state index contributed by atoms with van der Waals surface area (Å²) < 4.78 is 5.04. The van der Waals surface area contributed by atoms with Gasteiger partial charge in [-0.25, -0.2) is 0 Å². The van der Waals surface area contributed by atoms with Crippen LogP contribution in [0.4, 0.5) is 11.5 Å². The number of aromatic nitrogens is 2. The Morgan fingerprint density at radius 2 is 1.93 bits per heavy atom. The molecule has 1 aromatic carbocycles. The number of nitrogens with two attached hydrogens (primary N) is 1. The lowest BCUT2D eigenvalue weighted by Crippen LogP contribution is -2.39. The predicted octanol–water partition coefficient (Wildman–Crippen LogP) is 2.61. The van der Waals surface area contributed by atoms with Crippen LogP contribution < -0.4 is 15.4 Å². The molecule has 27 heavy (non-hydrogen) atoms. The maximum Gasteiger partial charge on any atom is 0.318 e. The molecule has 1 aliphatic carbocycles. The number of nitriles is 1. The van der Waals surface area contributed by atoms with E-state index in [-0.39, 0.29) is 23.2 Å². The molecule has 2 heterocycles. The van der Waals surface area contributed by atoms with E-state index in [1.807, 2.05) is 24.3 Å². The topological polar surface area (TPSA) is 105 Å². The van der Waals surface area contributed by atoms with Crippen LogP contribution in [0.2, 0.25) is 0 Å². The Morgan fingerprint density at radius 3 is 2.56 bits per heavy atom. The highest BCUT2D eigenvalue weighted by Crippen LogP contribution is 2.41. The van der Waals surface area contributed by atoms with Gasteiger partial charge in [0.1, 0.15) is 11.4 Å². The zero-order valence-electron chi connectivity index (χ0n) is 15.2. The lowest BCUT2D eigenvalue weighted by molar-refractivity contribution is 0.0980. The number of amides is 1. The van der Waals surface area contributed by atoms with Gasteiger partial charge in [0, 0.05) is 18.7 Å². The number of anilines is 2. The van der Waals surface area contributed by atoms with Gasteiger partial charge in [0.2, 0.25) is 0 Å². The van der Waals surface area contributed by atoms with E-state index in [1.165, 1.54) is 7.11 Å². The summed E-state index contributed by atoms with van der Waals surface area (Å²) in [7, 11) is 1.47. The Labute approximate surface area is 157 Å². The van der Waals surface area contributed by atoms with Gasteiger partial charge >= 0.3 is 6.01 Å². The predicted molar refractivity (Wildman–Crippen MR) is 101 cm³/mol. The molecule has 1 saturated carbocycles. The maximum atomic E-state index is 13.0. The van der Waals surface area contributed by atoms with Gasteiger partial charge in [-0.15, -0.1) is 0 Å². The van der Waals surface area contributed by atoms with Crippen molar-refractivity contribution in [2.45, 2.75) is 37.5 Å². The van der Waals surface area contributed by atoms with E-state index < -0.39 is 0 Å². The van der Waals surface area contributed by atoms with Gasteiger partial charge in [-0.2, -0.15) is 15.2 Å². The van der Waals surface area contributed by atoms with Crippen molar-refractivity contribution in [1.82, 2.24) is 9.97 Å². The second kappa shape index (κ2) is 6.54. The van der Waals surface area contributed by atoms with Crippen LogP contribution in [0, 0.1) is 11.3 Å². The molecule has 1 amide bonds. The number of nitrogen functional groups attached to an aromatic ring is 1. The van der Waals surface area contributed by atoms with Gasteiger partial charge in [0.25, 0.3) is 5.91 Å². The first-order valence-electron chi connectivity index (χ1n) is 9.12. The first kappa shape index (κ1) is 17.3. The molecule has 2 aromatic rings. The van der Waals surface area contributed by atoms with E-state index in [0.29, 0.717) is 24.2 Å². The second-order valence-electron chi connectivity index (χ2n) is 7.07. The van der Waals surface area contributed by atoms with E-state index in [4.69, 9.17) is 10.5 Å². The van der Waals surface area contributed by atoms with E-state index in [0.717, 1.165) is 36.9 Å². The van der Waals surface area contributed by atoms with E-state index in [1.54, 1.807) is 4.90 Å². The Hall–Kier alpha value is -3.14. The van der Waals surface area contributed by atoms with Crippen molar-refractivity contribution < 1.29 is 9.53 Å². The molecule has 4 rings (SSSR count). The highest BCUT2D eigenvalue weighted by molar-refractivity contribution is 6.10. The molecule has 1 aliphatic heterocycles. The van der Waals surface area contributed by atoms with Crippen molar-refractivity contribution in [3.8, 4) is 12.1 Å². The van der Waals surface area contributed by atoms with Crippen molar-refractivity contribution in [2.75, 3.05) is 24.3 Å².